The van der Waals surface area contributed by atoms with Crippen LogP contribution in [0.2, 0.25) is 0 Å². The Kier molecular flexibility index (Phi) is 3.84. The van der Waals surface area contributed by atoms with E-state index in [4.69, 9.17) is 10.8 Å². The van der Waals surface area contributed by atoms with Crippen molar-refractivity contribution in [1.82, 2.24) is 4.72 Å². The van der Waals surface area contributed by atoms with E-state index in [1.54, 1.807) is 0 Å². The number of nitrogen functional groups attached to an aromatic ring is 1. The third-order valence-electron chi connectivity index (χ3n) is 1.91. The first kappa shape index (κ1) is 12.9. The van der Waals surface area contributed by atoms with Crippen molar-refractivity contribution in [2.24, 2.45) is 0 Å². The SMILES string of the molecule is C[C@@H](CO)NS(=O)(=O)c1ccc(N)c(F)c1. The molecule has 0 spiro atoms. The Bertz CT molecular complexity index is 476. The van der Waals surface area contributed by atoms with Crippen LogP contribution >= 0.6 is 0 Å². The van der Waals surface area contributed by atoms with Gasteiger partial charge >= 0.3 is 0 Å². The summed E-state index contributed by atoms with van der Waals surface area (Å²) in [5.41, 5.74) is 5.11. The molecule has 7 heteroatoms. The van der Waals surface area contributed by atoms with Crippen LogP contribution in [-0.4, -0.2) is 26.2 Å². The Morgan fingerprint density at radius 1 is 1.56 bits per heavy atom. The van der Waals surface area contributed by atoms with Gasteiger partial charge in [-0.15, -0.1) is 0 Å². The molecule has 90 valence electrons. The van der Waals surface area contributed by atoms with Gasteiger partial charge in [-0.1, -0.05) is 0 Å². The second-order valence-corrected chi connectivity index (χ2v) is 5.10. The van der Waals surface area contributed by atoms with Crippen LogP contribution in [0.25, 0.3) is 0 Å². The Morgan fingerprint density at radius 3 is 2.69 bits per heavy atom. The maximum Gasteiger partial charge on any atom is 0.240 e. The fraction of sp³-hybridized carbons (Fsp3) is 0.333. The lowest BCUT2D eigenvalue weighted by molar-refractivity contribution is 0.265. The van der Waals surface area contributed by atoms with Gasteiger partial charge in [-0.05, 0) is 25.1 Å². The first-order valence-electron chi connectivity index (χ1n) is 4.55. The van der Waals surface area contributed by atoms with Gasteiger partial charge in [0.15, 0.2) is 0 Å². The molecule has 0 fully saturated rings. The Balaban J connectivity index is 3.03. The Morgan fingerprint density at radius 2 is 2.19 bits per heavy atom. The summed E-state index contributed by atoms with van der Waals surface area (Å²) in [6, 6.07) is 2.57. The summed E-state index contributed by atoms with van der Waals surface area (Å²) >= 11 is 0. The van der Waals surface area contributed by atoms with Crippen molar-refractivity contribution in [1.29, 1.82) is 0 Å². The van der Waals surface area contributed by atoms with E-state index in [9.17, 15) is 12.8 Å². The van der Waals surface area contributed by atoms with Gasteiger partial charge in [0.1, 0.15) is 5.82 Å². The summed E-state index contributed by atoms with van der Waals surface area (Å²) < 4.78 is 38.5. The highest BCUT2D eigenvalue weighted by molar-refractivity contribution is 7.89. The van der Waals surface area contributed by atoms with Crippen LogP contribution in [0.3, 0.4) is 0 Å². The summed E-state index contributed by atoms with van der Waals surface area (Å²) in [4.78, 5) is -0.223. The van der Waals surface area contributed by atoms with Crippen molar-refractivity contribution in [2.45, 2.75) is 17.9 Å². The van der Waals surface area contributed by atoms with Crippen LogP contribution in [-0.2, 0) is 10.0 Å². The van der Waals surface area contributed by atoms with E-state index in [0.29, 0.717) is 0 Å². The maximum atomic E-state index is 13.1. The number of hydrogen-bond acceptors (Lipinski definition) is 4. The number of nitrogens with two attached hydrogens (primary N) is 1. The molecule has 0 unspecified atom stereocenters. The number of hydrogen-bond donors (Lipinski definition) is 3. The van der Waals surface area contributed by atoms with E-state index < -0.39 is 21.9 Å². The molecule has 5 nitrogen and oxygen atoms in total. The molecule has 0 aliphatic carbocycles. The van der Waals surface area contributed by atoms with E-state index in [1.807, 2.05) is 0 Å². The molecule has 0 saturated heterocycles. The standard InChI is InChI=1S/C9H13FN2O3S/c1-6(5-13)12-16(14,15)7-2-3-9(11)8(10)4-7/h2-4,6,12-13H,5,11H2,1H3/t6-/m0/s1. The third-order valence-corrected chi connectivity index (χ3v) is 3.50. The number of benzene rings is 1. The lowest BCUT2D eigenvalue weighted by Gasteiger charge is -2.11. The molecule has 0 aliphatic rings. The molecule has 0 amide bonds. The Labute approximate surface area is 93.1 Å². The number of anilines is 1. The summed E-state index contributed by atoms with van der Waals surface area (Å²) in [6.45, 7) is 1.15. The molecule has 4 N–H and O–H groups in total. The zero-order chi connectivity index (χ0) is 12.3. The van der Waals surface area contributed by atoms with E-state index >= 15 is 0 Å². The van der Waals surface area contributed by atoms with Gasteiger partial charge in [0.25, 0.3) is 0 Å². The summed E-state index contributed by atoms with van der Waals surface area (Å²) in [7, 11) is -3.82. The third kappa shape index (κ3) is 2.91. The topological polar surface area (TPSA) is 92.4 Å². The van der Waals surface area contributed by atoms with E-state index in [-0.39, 0.29) is 17.2 Å². The van der Waals surface area contributed by atoms with Crippen molar-refractivity contribution in [2.75, 3.05) is 12.3 Å². The average molecular weight is 248 g/mol. The number of sulfonamides is 1. The minimum absolute atomic E-state index is 0.117. The highest BCUT2D eigenvalue weighted by Crippen LogP contribution is 2.16. The van der Waals surface area contributed by atoms with Gasteiger partial charge in [0.05, 0.1) is 17.2 Å². The molecular weight excluding hydrogens is 235 g/mol. The average Bonchev–Trinajstić information content (AvgIpc) is 2.21. The van der Waals surface area contributed by atoms with Crippen LogP contribution in [0.5, 0.6) is 0 Å². The molecule has 16 heavy (non-hydrogen) atoms. The Hall–Kier alpha value is -1.18. The van der Waals surface area contributed by atoms with Gasteiger partial charge in [0, 0.05) is 6.04 Å². The van der Waals surface area contributed by atoms with Crippen molar-refractivity contribution in [3.63, 3.8) is 0 Å². The molecule has 1 aromatic rings. The quantitative estimate of drug-likeness (QED) is 0.657. The van der Waals surface area contributed by atoms with E-state index in [1.165, 1.54) is 19.1 Å². The molecular formula is C9H13FN2O3S. The summed E-state index contributed by atoms with van der Waals surface area (Å²) in [5.74, 6) is -0.792. The molecule has 1 atom stereocenters. The number of aliphatic hydroxyl groups excluding tert-OH is 1. The minimum Gasteiger partial charge on any atom is -0.396 e. The van der Waals surface area contributed by atoms with Crippen molar-refractivity contribution in [3.8, 4) is 0 Å². The van der Waals surface area contributed by atoms with Crippen LogP contribution < -0.4 is 10.5 Å². The number of aliphatic hydroxyl groups is 1. The minimum atomic E-state index is -3.82. The monoisotopic (exact) mass is 248 g/mol. The molecule has 1 rings (SSSR count). The zero-order valence-electron chi connectivity index (χ0n) is 8.64. The van der Waals surface area contributed by atoms with E-state index in [0.717, 1.165) is 6.07 Å². The van der Waals surface area contributed by atoms with Gasteiger partial charge < -0.3 is 10.8 Å². The van der Waals surface area contributed by atoms with Crippen molar-refractivity contribution >= 4 is 15.7 Å². The fourth-order valence-corrected chi connectivity index (χ4v) is 2.29. The van der Waals surface area contributed by atoms with Crippen LogP contribution in [0.15, 0.2) is 23.1 Å². The predicted octanol–water partition coefficient (Wildman–Crippen LogP) is 0.0670. The first-order valence-corrected chi connectivity index (χ1v) is 6.03. The largest absolute Gasteiger partial charge is 0.396 e. The van der Waals surface area contributed by atoms with Crippen LogP contribution in [0.1, 0.15) is 6.92 Å². The molecule has 0 bridgehead atoms. The van der Waals surface area contributed by atoms with Crippen LogP contribution in [0, 0.1) is 5.82 Å². The van der Waals surface area contributed by atoms with Crippen LogP contribution in [0.4, 0.5) is 10.1 Å². The fourth-order valence-electron chi connectivity index (χ4n) is 1.05. The van der Waals surface area contributed by atoms with Crippen molar-refractivity contribution in [3.05, 3.63) is 24.0 Å². The van der Waals surface area contributed by atoms with Gasteiger partial charge in [-0.2, -0.15) is 0 Å². The molecule has 0 radical (unpaired) electrons. The summed E-state index contributed by atoms with van der Waals surface area (Å²) in [5, 5.41) is 8.72. The second-order valence-electron chi connectivity index (χ2n) is 3.39. The number of halogens is 1. The number of rotatable bonds is 4. The maximum absolute atomic E-state index is 13.1. The second kappa shape index (κ2) is 4.77. The highest BCUT2D eigenvalue weighted by atomic mass is 32.2. The smallest absolute Gasteiger partial charge is 0.240 e. The molecule has 1 aromatic carbocycles. The van der Waals surface area contributed by atoms with Gasteiger partial charge in [-0.25, -0.2) is 17.5 Å². The normalized spacial score (nSPS) is 13.7. The molecule has 0 aliphatic heterocycles. The van der Waals surface area contributed by atoms with Crippen molar-refractivity contribution < 1.29 is 17.9 Å². The molecule has 0 aromatic heterocycles. The lowest BCUT2D eigenvalue weighted by atomic mass is 10.3. The van der Waals surface area contributed by atoms with Gasteiger partial charge in [-0.3, -0.25) is 0 Å². The molecule has 0 heterocycles. The summed E-state index contributed by atoms with van der Waals surface area (Å²) in [6.07, 6.45) is 0. The zero-order valence-corrected chi connectivity index (χ0v) is 9.46. The predicted molar refractivity (Wildman–Crippen MR) is 57.7 cm³/mol. The first-order chi connectivity index (χ1) is 7.36. The van der Waals surface area contributed by atoms with Gasteiger partial charge in [0.2, 0.25) is 10.0 Å². The molecule has 0 saturated carbocycles. The number of nitrogens with one attached hydrogen (secondary N) is 1. The van der Waals surface area contributed by atoms with E-state index in [2.05, 4.69) is 4.72 Å². The highest BCUT2D eigenvalue weighted by Gasteiger charge is 2.17. The lowest BCUT2D eigenvalue weighted by Crippen LogP contribution is -2.35.